The Morgan fingerprint density at radius 3 is 1.83 bits per heavy atom. The third kappa shape index (κ3) is 3.51. The molecule has 4 heteroatoms. The molecule has 0 aliphatic carbocycles. The summed E-state index contributed by atoms with van der Waals surface area (Å²) in [6.45, 7) is 4.02. The van der Waals surface area contributed by atoms with Crippen molar-refractivity contribution in [3.8, 4) is 11.5 Å². The topological polar surface area (TPSA) is 24.9 Å². The van der Waals surface area contributed by atoms with Crippen molar-refractivity contribution in [3.63, 3.8) is 0 Å². The average Bonchev–Trinajstić information content (AvgIpc) is 3.21. The minimum Gasteiger partial charge on any atom is -0.497 e. The van der Waals surface area contributed by atoms with Crippen molar-refractivity contribution in [1.82, 2.24) is 0 Å². The largest absolute Gasteiger partial charge is 0.497 e. The maximum Gasteiger partial charge on any atom is 0.119 e. The van der Waals surface area contributed by atoms with Crippen LogP contribution in [0, 0.1) is 0 Å². The number of benzene rings is 3. The molecule has 4 nitrogen and oxygen atoms in total. The zero-order chi connectivity index (χ0) is 20.3. The van der Waals surface area contributed by atoms with Gasteiger partial charge in [-0.05, 0) is 60.5 Å². The molecule has 0 bridgehead atoms. The van der Waals surface area contributed by atoms with Crippen LogP contribution in [-0.4, -0.2) is 27.4 Å². The Labute approximate surface area is 173 Å². The van der Waals surface area contributed by atoms with Crippen LogP contribution in [0.3, 0.4) is 0 Å². The highest BCUT2D eigenvalue weighted by Crippen LogP contribution is 2.43. The fourth-order valence-corrected chi connectivity index (χ4v) is 4.32. The first-order chi connectivity index (χ1) is 14.2. The fourth-order valence-electron chi connectivity index (χ4n) is 4.32. The van der Waals surface area contributed by atoms with Gasteiger partial charge in [0.1, 0.15) is 11.5 Å². The van der Waals surface area contributed by atoms with Crippen LogP contribution >= 0.6 is 0 Å². The molecule has 0 aromatic heterocycles. The minimum absolute atomic E-state index is 0.101. The zero-order valence-electron chi connectivity index (χ0n) is 17.3. The lowest BCUT2D eigenvalue weighted by molar-refractivity contribution is 0.414. The molecule has 0 spiro atoms. The first kappa shape index (κ1) is 19.2. The van der Waals surface area contributed by atoms with Gasteiger partial charge in [-0.1, -0.05) is 37.3 Å². The van der Waals surface area contributed by atoms with Gasteiger partial charge in [-0.25, -0.2) is 0 Å². The number of ether oxygens (including phenoxy) is 2. The Hall–Kier alpha value is -3.14. The van der Waals surface area contributed by atoms with E-state index in [0.717, 1.165) is 31.1 Å². The van der Waals surface area contributed by atoms with E-state index in [4.69, 9.17) is 9.47 Å². The monoisotopic (exact) mass is 388 g/mol. The van der Waals surface area contributed by atoms with E-state index < -0.39 is 0 Å². The lowest BCUT2D eigenvalue weighted by Gasteiger charge is -2.38. The standard InChI is InChI=1S/C25H28N2O2/c1-4-25(20-8-6-5-7-9-20)18-26(21-10-14-23(28-2)15-11-21)19-27(25)22-12-16-24(29-3)17-13-22/h5-17H,4,18-19H2,1-3H3. The quantitative estimate of drug-likeness (QED) is 0.573. The molecule has 1 atom stereocenters. The number of nitrogens with zero attached hydrogens (tertiary/aromatic N) is 2. The molecule has 1 aliphatic rings. The van der Waals surface area contributed by atoms with Crippen LogP contribution in [0.1, 0.15) is 18.9 Å². The number of hydrogen-bond donors (Lipinski definition) is 0. The molecular weight excluding hydrogens is 360 g/mol. The summed E-state index contributed by atoms with van der Waals surface area (Å²) in [6.07, 6.45) is 1.01. The van der Waals surface area contributed by atoms with Crippen molar-refractivity contribution < 1.29 is 9.47 Å². The van der Waals surface area contributed by atoms with E-state index in [-0.39, 0.29) is 5.54 Å². The molecule has 1 unspecified atom stereocenters. The second kappa shape index (κ2) is 8.08. The molecule has 1 aliphatic heterocycles. The number of rotatable bonds is 6. The third-order valence-corrected chi connectivity index (χ3v) is 6.00. The van der Waals surface area contributed by atoms with Gasteiger partial charge in [0.05, 0.1) is 26.4 Å². The highest BCUT2D eigenvalue weighted by atomic mass is 16.5. The van der Waals surface area contributed by atoms with Crippen molar-refractivity contribution in [2.75, 3.05) is 37.2 Å². The summed E-state index contributed by atoms with van der Waals surface area (Å²) in [6, 6.07) is 27.6. The van der Waals surface area contributed by atoms with Crippen LogP contribution in [0.25, 0.3) is 0 Å². The molecule has 3 aromatic carbocycles. The fraction of sp³-hybridized carbons (Fsp3) is 0.280. The van der Waals surface area contributed by atoms with Gasteiger partial charge in [-0.3, -0.25) is 0 Å². The Balaban J connectivity index is 1.75. The predicted octanol–water partition coefficient (Wildman–Crippen LogP) is 5.29. The normalized spacial score (nSPS) is 18.7. The van der Waals surface area contributed by atoms with Gasteiger partial charge in [0.2, 0.25) is 0 Å². The van der Waals surface area contributed by atoms with Crippen molar-refractivity contribution in [3.05, 3.63) is 84.4 Å². The molecule has 3 aromatic rings. The van der Waals surface area contributed by atoms with Crippen LogP contribution < -0.4 is 19.3 Å². The molecule has 1 heterocycles. The van der Waals surface area contributed by atoms with E-state index in [1.54, 1.807) is 14.2 Å². The van der Waals surface area contributed by atoms with Crippen LogP contribution in [0.2, 0.25) is 0 Å². The van der Waals surface area contributed by atoms with Crippen LogP contribution in [0.5, 0.6) is 11.5 Å². The van der Waals surface area contributed by atoms with Crippen LogP contribution in [0.15, 0.2) is 78.9 Å². The number of anilines is 2. The molecule has 0 saturated carbocycles. The number of methoxy groups -OCH3 is 2. The summed E-state index contributed by atoms with van der Waals surface area (Å²) in [5, 5.41) is 0. The highest BCUT2D eigenvalue weighted by Gasteiger charge is 2.45. The zero-order valence-corrected chi connectivity index (χ0v) is 17.3. The van der Waals surface area contributed by atoms with Gasteiger partial charge in [-0.15, -0.1) is 0 Å². The van der Waals surface area contributed by atoms with Crippen LogP contribution in [0.4, 0.5) is 11.4 Å². The van der Waals surface area contributed by atoms with Gasteiger partial charge >= 0.3 is 0 Å². The molecule has 29 heavy (non-hydrogen) atoms. The molecule has 150 valence electrons. The second-order valence-electron chi connectivity index (χ2n) is 7.41. The van der Waals surface area contributed by atoms with Crippen molar-refractivity contribution >= 4 is 11.4 Å². The summed E-state index contributed by atoms with van der Waals surface area (Å²) in [7, 11) is 3.41. The maximum absolute atomic E-state index is 5.37. The molecule has 0 radical (unpaired) electrons. The van der Waals surface area contributed by atoms with E-state index in [2.05, 4.69) is 71.3 Å². The molecule has 0 N–H and O–H groups in total. The second-order valence-corrected chi connectivity index (χ2v) is 7.41. The van der Waals surface area contributed by atoms with Gasteiger partial charge in [0, 0.05) is 17.9 Å². The van der Waals surface area contributed by atoms with E-state index in [1.807, 2.05) is 24.3 Å². The molecular formula is C25H28N2O2. The van der Waals surface area contributed by atoms with Gasteiger partial charge < -0.3 is 19.3 Å². The first-order valence-electron chi connectivity index (χ1n) is 10.1. The van der Waals surface area contributed by atoms with E-state index >= 15 is 0 Å². The molecule has 1 fully saturated rings. The average molecular weight is 389 g/mol. The molecule has 1 saturated heterocycles. The molecule has 4 rings (SSSR count). The van der Waals surface area contributed by atoms with Crippen molar-refractivity contribution in [1.29, 1.82) is 0 Å². The van der Waals surface area contributed by atoms with Gasteiger partial charge in [-0.2, -0.15) is 0 Å². The Morgan fingerprint density at radius 1 is 0.759 bits per heavy atom. The minimum atomic E-state index is -0.101. The summed E-state index contributed by atoms with van der Waals surface area (Å²) in [5.41, 5.74) is 3.65. The van der Waals surface area contributed by atoms with E-state index in [9.17, 15) is 0 Å². The lowest BCUT2D eigenvalue weighted by atomic mass is 9.86. The summed E-state index contributed by atoms with van der Waals surface area (Å²) >= 11 is 0. The van der Waals surface area contributed by atoms with Gasteiger partial charge in [0.15, 0.2) is 0 Å². The lowest BCUT2D eigenvalue weighted by Crippen LogP contribution is -2.43. The Morgan fingerprint density at radius 2 is 1.31 bits per heavy atom. The van der Waals surface area contributed by atoms with Crippen molar-refractivity contribution in [2.24, 2.45) is 0 Å². The summed E-state index contributed by atoms with van der Waals surface area (Å²) < 4.78 is 10.7. The Kier molecular flexibility index (Phi) is 5.34. The van der Waals surface area contributed by atoms with Crippen molar-refractivity contribution in [2.45, 2.75) is 18.9 Å². The SMILES string of the molecule is CCC1(c2ccccc2)CN(c2ccc(OC)cc2)CN1c1ccc(OC)cc1. The highest BCUT2D eigenvalue weighted by molar-refractivity contribution is 5.61. The smallest absolute Gasteiger partial charge is 0.119 e. The molecule has 0 amide bonds. The Bertz CT molecular complexity index is 925. The maximum atomic E-state index is 5.37. The van der Waals surface area contributed by atoms with Gasteiger partial charge in [0.25, 0.3) is 0 Å². The van der Waals surface area contributed by atoms with Crippen LogP contribution in [-0.2, 0) is 5.54 Å². The third-order valence-electron chi connectivity index (χ3n) is 6.00. The first-order valence-corrected chi connectivity index (χ1v) is 10.1. The number of hydrogen-bond acceptors (Lipinski definition) is 4. The summed E-state index contributed by atoms with van der Waals surface area (Å²) in [4.78, 5) is 4.96. The predicted molar refractivity (Wildman–Crippen MR) is 119 cm³/mol. The van der Waals surface area contributed by atoms with E-state index in [1.165, 1.54) is 16.9 Å². The van der Waals surface area contributed by atoms with E-state index in [0.29, 0.717) is 0 Å². The summed E-state index contributed by atoms with van der Waals surface area (Å²) in [5.74, 6) is 1.76.